The van der Waals surface area contributed by atoms with Crippen molar-refractivity contribution < 1.29 is 23.5 Å². The van der Waals surface area contributed by atoms with Crippen molar-refractivity contribution in [3.8, 4) is 0 Å². The molecule has 0 aliphatic rings. The lowest BCUT2D eigenvalue weighted by Crippen LogP contribution is -2.31. The van der Waals surface area contributed by atoms with Crippen LogP contribution >= 0.6 is 11.3 Å². The molecule has 0 saturated heterocycles. The van der Waals surface area contributed by atoms with E-state index in [0.29, 0.717) is 21.2 Å². The molecule has 0 radical (unpaired) electrons. The second kappa shape index (κ2) is 8.50. The first-order valence-corrected chi connectivity index (χ1v) is 9.41. The number of rotatable bonds is 6. The number of carbonyl (C=O) groups is 2. The molecule has 0 aliphatic heterocycles. The first-order chi connectivity index (χ1) is 13.4. The second-order valence-electron chi connectivity index (χ2n) is 6.38. The summed E-state index contributed by atoms with van der Waals surface area (Å²) in [5, 5.41) is 0.344. The lowest BCUT2D eigenvalue weighted by atomic mass is 10.1. The van der Waals surface area contributed by atoms with Gasteiger partial charge in [-0.3, -0.25) is 4.79 Å². The van der Waals surface area contributed by atoms with E-state index in [0.717, 1.165) is 11.3 Å². The molecule has 3 rings (SSSR count). The van der Waals surface area contributed by atoms with Crippen LogP contribution in [0.3, 0.4) is 0 Å². The number of nitrogens with zero attached hydrogens (tertiary/aromatic N) is 1. The summed E-state index contributed by atoms with van der Waals surface area (Å²) in [4.78, 5) is 27.2. The Kier molecular flexibility index (Phi) is 6.06. The van der Waals surface area contributed by atoms with Gasteiger partial charge in [0.1, 0.15) is 10.7 Å². The Morgan fingerprint density at radius 1 is 1.11 bits per heavy atom. The zero-order valence-corrected chi connectivity index (χ0v) is 16.6. The van der Waals surface area contributed by atoms with Gasteiger partial charge < -0.3 is 14.4 Å². The quantitative estimate of drug-likeness (QED) is 0.582. The molecule has 146 valence electrons. The number of halogens is 1. The highest BCUT2D eigenvalue weighted by Crippen LogP contribution is 2.35. The summed E-state index contributed by atoms with van der Waals surface area (Å²) in [5.74, 6) is -1.47. The van der Waals surface area contributed by atoms with E-state index in [-0.39, 0.29) is 17.4 Å². The molecule has 1 atom stereocenters. The largest absolute Gasteiger partial charge is 0.443 e. The van der Waals surface area contributed by atoms with Crippen molar-refractivity contribution in [3.63, 3.8) is 0 Å². The fraction of sp³-hybridized carbons (Fsp3) is 0.238. The fourth-order valence-corrected chi connectivity index (χ4v) is 4.00. The molecular formula is C21H20FNO4S. The van der Waals surface area contributed by atoms with Gasteiger partial charge in [-0.1, -0.05) is 36.4 Å². The number of methoxy groups -OCH3 is 1. The first kappa shape index (κ1) is 20.0. The minimum atomic E-state index is -1.09. The highest BCUT2D eigenvalue weighted by Gasteiger charge is 2.29. The summed E-state index contributed by atoms with van der Waals surface area (Å²) in [6, 6.07) is 13.5. The lowest BCUT2D eigenvalue weighted by Gasteiger charge is -2.21. The SMILES string of the molecule is COCc1c(C(=O)O[C@@H](C(=O)N(C)C)c2ccccc2)sc2cccc(F)c12. The minimum absolute atomic E-state index is 0.0585. The van der Waals surface area contributed by atoms with Crippen molar-refractivity contribution in [1.29, 1.82) is 0 Å². The third-order valence-corrected chi connectivity index (χ3v) is 5.41. The molecule has 0 fully saturated rings. The number of fused-ring (bicyclic) bond motifs is 1. The molecule has 3 aromatic rings. The molecular weight excluding hydrogens is 381 g/mol. The summed E-state index contributed by atoms with van der Waals surface area (Å²) in [7, 11) is 4.66. The molecule has 1 aromatic heterocycles. The van der Waals surface area contributed by atoms with Gasteiger partial charge in [-0.2, -0.15) is 0 Å². The number of esters is 1. The standard InChI is InChI=1S/C21H20FNO4S/c1-23(2)20(24)18(13-8-5-4-6-9-13)27-21(25)19-14(12-26-3)17-15(22)10-7-11-16(17)28-19/h4-11,18H,12H2,1-3H3/t18-/m1/s1. The van der Waals surface area contributed by atoms with E-state index >= 15 is 0 Å². The molecule has 28 heavy (non-hydrogen) atoms. The predicted molar refractivity (Wildman–Crippen MR) is 106 cm³/mol. The van der Waals surface area contributed by atoms with E-state index in [4.69, 9.17) is 9.47 Å². The number of thiophene rings is 1. The summed E-state index contributed by atoms with van der Waals surface area (Å²) < 4.78 is 25.7. The van der Waals surface area contributed by atoms with Gasteiger partial charge in [0.05, 0.1) is 6.61 Å². The average Bonchev–Trinajstić information content (AvgIpc) is 3.06. The maximum Gasteiger partial charge on any atom is 0.349 e. The maximum absolute atomic E-state index is 14.3. The van der Waals surface area contributed by atoms with Crippen molar-refractivity contribution in [3.05, 3.63) is 70.4 Å². The second-order valence-corrected chi connectivity index (χ2v) is 7.44. The van der Waals surface area contributed by atoms with Crippen LogP contribution in [0.2, 0.25) is 0 Å². The maximum atomic E-state index is 14.3. The molecule has 0 bridgehead atoms. The highest BCUT2D eigenvalue weighted by atomic mass is 32.1. The predicted octanol–water partition coefficient (Wildman–Crippen LogP) is 4.17. The summed E-state index contributed by atoms with van der Waals surface area (Å²) in [6.07, 6.45) is -1.09. The average molecular weight is 401 g/mol. The Balaban J connectivity index is 2.02. The Morgan fingerprint density at radius 2 is 1.82 bits per heavy atom. The molecule has 5 nitrogen and oxygen atoms in total. The number of likely N-dealkylation sites (N-methyl/N-ethyl adjacent to an activating group) is 1. The van der Waals surface area contributed by atoms with Crippen molar-refractivity contribution in [2.45, 2.75) is 12.7 Å². The van der Waals surface area contributed by atoms with Crippen molar-refractivity contribution in [2.75, 3.05) is 21.2 Å². The van der Waals surface area contributed by atoms with Crippen LogP contribution in [0.25, 0.3) is 10.1 Å². The van der Waals surface area contributed by atoms with Crippen LogP contribution in [-0.2, 0) is 20.9 Å². The van der Waals surface area contributed by atoms with E-state index in [2.05, 4.69) is 0 Å². The fourth-order valence-electron chi connectivity index (χ4n) is 2.90. The Bertz CT molecular complexity index is 1000. The summed E-state index contributed by atoms with van der Waals surface area (Å²) in [5.41, 5.74) is 0.991. The first-order valence-electron chi connectivity index (χ1n) is 8.60. The number of ether oxygens (including phenoxy) is 2. The molecule has 0 N–H and O–H groups in total. The van der Waals surface area contributed by atoms with Gasteiger partial charge in [-0.25, -0.2) is 9.18 Å². The van der Waals surface area contributed by atoms with Gasteiger partial charge in [0, 0.05) is 42.4 Å². The van der Waals surface area contributed by atoms with Crippen LogP contribution in [0.5, 0.6) is 0 Å². The van der Waals surface area contributed by atoms with Crippen LogP contribution in [0.1, 0.15) is 26.9 Å². The normalized spacial score (nSPS) is 12.0. The van der Waals surface area contributed by atoms with Gasteiger partial charge in [0.25, 0.3) is 5.91 Å². The molecule has 0 unspecified atom stereocenters. The van der Waals surface area contributed by atoms with E-state index in [1.54, 1.807) is 50.5 Å². The zero-order chi connectivity index (χ0) is 20.3. The molecule has 0 spiro atoms. The van der Waals surface area contributed by atoms with E-state index in [9.17, 15) is 14.0 Å². The van der Waals surface area contributed by atoms with Crippen molar-refractivity contribution >= 4 is 33.3 Å². The lowest BCUT2D eigenvalue weighted by molar-refractivity contribution is -0.138. The highest BCUT2D eigenvalue weighted by molar-refractivity contribution is 7.21. The van der Waals surface area contributed by atoms with Gasteiger partial charge in [-0.05, 0) is 12.1 Å². The van der Waals surface area contributed by atoms with Gasteiger partial charge in [0.2, 0.25) is 6.10 Å². The van der Waals surface area contributed by atoms with Gasteiger partial charge in [0.15, 0.2) is 0 Å². The monoisotopic (exact) mass is 401 g/mol. The smallest absolute Gasteiger partial charge is 0.349 e. The van der Waals surface area contributed by atoms with Crippen molar-refractivity contribution in [1.82, 2.24) is 4.90 Å². The van der Waals surface area contributed by atoms with Crippen molar-refractivity contribution in [2.24, 2.45) is 0 Å². The molecule has 0 aliphatic carbocycles. The van der Waals surface area contributed by atoms with E-state index in [1.807, 2.05) is 6.07 Å². The number of carbonyl (C=O) groups excluding carboxylic acids is 2. The number of amides is 1. The van der Waals surface area contributed by atoms with Crippen LogP contribution < -0.4 is 0 Å². The van der Waals surface area contributed by atoms with Crippen LogP contribution in [0.4, 0.5) is 4.39 Å². The molecule has 0 saturated carbocycles. The third-order valence-electron chi connectivity index (χ3n) is 4.23. The molecule has 1 amide bonds. The molecule has 2 aromatic carbocycles. The Morgan fingerprint density at radius 3 is 2.46 bits per heavy atom. The van der Waals surface area contributed by atoms with Gasteiger partial charge >= 0.3 is 5.97 Å². The number of hydrogen-bond donors (Lipinski definition) is 0. The third kappa shape index (κ3) is 3.90. The zero-order valence-electron chi connectivity index (χ0n) is 15.8. The topological polar surface area (TPSA) is 55.8 Å². The Hall–Kier alpha value is -2.77. The summed E-state index contributed by atoms with van der Waals surface area (Å²) >= 11 is 1.12. The number of hydrogen-bond acceptors (Lipinski definition) is 5. The van der Waals surface area contributed by atoms with E-state index in [1.165, 1.54) is 18.1 Å². The Labute approximate surface area is 166 Å². The van der Waals surface area contributed by atoms with Crippen LogP contribution in [0, 0.1) is 5.82 Å². The molecule has 1 heterocycles. The van der Waals surface area contributed by atoms with Gasteiger partial charge in [-0.15, -0.1) is 11.3 Å². The summed E-state index contributed by atoms with van der Waals surface area (Å²) in [6.45, 7) is 0.0585. The minimum Gasteiger partial charge on any atom is -0.443 e. The van der Waals surface area contributed by atoms with Crippen LogP contribution in [-0.4, -0.2) is 38.0 Å². The molecule has 7 heteroatoms. The van der Waals surface area contributed by atoms with E-state index < -0.39 is 17.9 Å². The number of benzene rings is 2. The van der Waals surface area contributed by atoms with Crippen LogP contribution in [0.15, 0.2) is 48.5 Å².